The van der Waals surface area contributed by atoms with Crippen LogP contribution >= 0.6 is 0 Å². The summed E-state index contributed by atoms with van der Waals surface area (Å²) in [5, 5.41) is 5.98. The highest BCUT2D eigenvalue weighted by molar-refractivity contribution is 5.81. The van der Waals surface area contributed by atoms with Crippen LogP contribution in [0.25, 0.3) is 0 Å². The van der Waals surface area contributed by atoms with E-state index in [0.717, 1.165) is 16.0 Å². The molecule has 2 aromatic carbocycles. The molecule has 0 aliphatic carbocycles. The second kappa shape index (κ2) is 10.5. The van der Waals surface area contributed by atoms with Crippen LogP contribution in [-0.4, -0.2) is 37.5 Å². The Hall–Kier alpha value is -2.66. The molecule has 0 saturated heterocycles. The van der Waals surface area contributed by atoms with Crippen LogP contribution in [0.4, 0.5) is 0 Å². The molecule has 0 radical (unpaired) electrons. The maximum atomic E-state index is 13.0. The van der Waals surface area contributed by atoms with Gasteiger partial charge in [-0.3, -0.25) is 9.59 Å². The molecule has 2 rings (SSSR count). The van der Waals surface area contributed by atoms with E-state index in [2.05, 4.69) is 10.6 Å². The van der Waals surface area contributed by atoms with Crippen molar-refractivity contribution >= 4 is 11.8 Å². The lowest BCUT2D eigenvalue weighted by atomic mass is 9.98. The fourth-order valence-corrected chi connectivity index (χ4v) is 3.15. The number of likely N-dealkylation sites (N-methyl/N-ethyl adjacent to an activating group) is 2. The van der Waals surface area contributed by atoms with Gasteiger partial charge in [0.05, 0.1) is 12.6 Å². The Morgan fingerprint density at radius 3 is 1.89 bits per heavy atom. The molecule has 27 heavy (non-hydrogen) atoms. The summed E-state index contributed by atoms with van der Waals surface area (Å²) in [4.78, 5) is 25.9. The number of benzene rings is 2. The van der Waals surface area contributed by atoms with Crippen molar-refractivity contribution in [3.8, 4) is 0 Å². The zero-order valence-electron chi connectivity index (χ0n) is 16.4. The summed E-state index contributed by atoms with van der Waals surface area (Å²) in [7, 11) is 0. The summed E-state index contributed by atoms with van der Waals surface area (Å²) >= 11 is 0. The third kappa shape index (κ3) is 5.93. The van der Waals surface area contributed by atoms with Gasteiger partial charge in [-0.15, -0.1) is 0 Å². The second-order valence-electron chi connectivity index (χ2n) is 6.63. The first-order valence-corrected chi connectivity index (χ1v) is 9.58. The maximum Gasteiger partial charge on any atom is 0.278 e. The Balaban J connectivity index is 2.16. The summed E-state index contributed by atoms with van der Waals surface area (Å²) in [6, 6.07) is 19.3. The van der Waals surface area contributed by atoms with Crippen molar-refractivity contribution in [2.45, 2.75) is 32.9 Å². The van der Waals surface area contributed by atoms with Crippen LogP contribution in [-0.2, 0) is 9.59 Å². The maximum absolute atomic E-state index is 13.0. The molecule has 2 amide bonds. The quantitative estimate of drug-likeness (QED) is 0.625. The van der Waals surface area contributed by atoms with Gasteiger partial charge in [-0.25, -0.2) is 0 Å². The van der Waals surface area contributed by atoms with E-state index in [1.54, 1.807) is 0 Å². The Morgan fingerprint density at radius 1 is 0.926 bits per heavy atom. The summed E-state index contributed by atoms with van der Waals surface area (Å²) in [5.41, 5.74) is 2.07. The number of amides is 2. The van der Waals surface area contributed by atoms with Gasteiger partial charge >= 0.3 is 0 Å². The van der Waals surface area contributed by atoms with Crippen molar-refractivity contribution < 1.29 is 14.5 Å². The van der Waals surface area contributed by atoms with Gasteiger partial charge in [0.1, 0.15) is 0 Å². The molecule has 0 spiro atoms. The van der Waals surface area contributed by atoms with E-state index >= 15 is 0 Å². The molecular formula is C22H30N3O2+. The zero-order valence-corrected chi connectivity index (χ0v) is 16.4. The average Bonchev–Trinajstić information content (AvgIpc) is 2.71. The van der Waals surface area contributed by atoms with E-state index in [9.17, 15) is 9.59 Å². The smallest absolute Gasteiger partial charge is 0.278 e. The average molecular weight is 369 g/mol. The number of rotatable bonds is 9. The van der Waals surface area contributed by atoms with Gasteiger partial charge in [-0.05, 0) is 31.9 Å². The minimum atomic E-state index is -0.326. The molecule has 5 nitrogen and oxygen atoms in total. The number of carbonyl (C=O) groups is 2. The minimum absolute atomic E-state index is 0.0309. The molecule has 1 unspecified atom stereocenters. The lowest BCUT2D eigenvalue weighted by Crippen LogP contribution is -3.17. The highest BCUT2D eigenvalue weighted by Crippen LogP contribution is 2.21. The SMILES string of the molecule is CCNC(=O)C[NH+](CC)[C@H](C)C(=O)NC(c1ccccc1)c1ccccc1. The molecule has 0 fully saturated rings. The first kappa shape index (κ1) is 20.6. The lowest BCUT2D eigenvalue weighted by molar-refractivity contribution is -0.904. The molecular weight excluding hydrogens is 338 g/mol. The van der Waals surface area contributed by atoms with Crippen molar-refractivity contribution in [3.63, 3.8) is 0 Å². The van der Waals surface area contributed by atoms with Crippen molar-refractivity contribution in [2.24, 2.45) is 0 Å². The summed E-state index contributed by atoms with van der Waals surface area (Å²) in [5.74, 6) is -0.0921. The molecule has 0 aromatic heterocycles. The summed E-state index contributed by atoms with van der Waals surface area (Å²) in [6.07, 6.45) is 0. The van der Waals surface area contributed by atoms with E-state index in [1.165, 1.54) is 0 Å². The van der Waals surface area contributed by atoms with E-state index in [-0.39, 0.29) is 23.9 Å². The Kier molecular flexibility index (Phi) is 8.01. The van der Waals surface area contributed by atoms with E-state index in [4.69, 9.17) is 0 Å². The second-order valence-corrected chi connectivity index (χ2v) is 6.63. The number of hydrogen-bond acceptors (Lipinski definition) is 2. The largest absolute Gasteiger partial charge is 0.351 e. The summed E-state index contributed by atoms with van der Waals surface area (Å²) < 4.78 is 0. The van der Waals surface area contributed by atoms with Crippen LogP contribution in [0.2, 0.25) is 0 Å². The molecule has 0 heterocycles. The molecule has 0 aliphatic rings. The van der Waals surface area contributed by atoms with Gasteiger partial charge in [-0.2, -0.15) is 0 Å². The lowest BCUT2D eigenvalue weighted by Gasteiger charge is -2.26. The van der Waals surface area contributed by atoms with Crippen molar-refractivity contribution in [3.05, 3.63) is 71.8 Å². The number of carbonyl (C=O) groups excluding carboxylic acids is 2. The molecule has 5 heteroatoms. The van der Waals surface area contributed by atoms with Crippen LogP contribution in [0, 0.1) is 0 Å². The van der Waals surface area contributed by atoms with Gasteiger partial charge in [0.25, 0.3) is 11.8 Å². The topological polar surface area (TPSA) is 62.6 Å². The molecule has 2 aromatic rings. The van der Waals surface area contributed by atoms with E-state index in [0.29, 0.717) is 19.6 Å². The van der Waals surface area contributed by atoms with Crippen LogP contribution in [0.1, 0.15) is 37.9 Å². The Morgan fingerprint density at radius 2 is 1.44 bits per heavy atom. The van der Waals surface area contributed by atoms with E-state index in [1.807, 2.05) is 81.4 Å². The normalized spacial score (nSPS) is 13.0. The van der Waals surface area contributed by atoms with E-state index < -0.39 is 0 Å². The molecule has 2 atom stereocenters. The van der Waals surface area contributed by atoms with Crippen molar-refractivity contribution in [1.82, 2.24) is 10.6 Å². The predicted molar refractivity (Wildman–Crippen MR) is 107 cm³/mol. The van der Waals surface area contributed by atoms with Crippen LogP contribution in [0.3, 0.4) is 0 Å². The fourth-order valence-electron chi connectivity index (χ4n) is 3.15. The van der Waals surface area contributed by atoms with Gasteiger partial charge < -0.3 is 15.5 Å². The molecule has 3 N–H and O–H groups in total. The standard InChI is InChI=1S/C22H29N3O2/c1-4-23-20(26)16-25(5-2)17(3)22(27)24-21(18-12-8-6-9-13-18)19-14-10-7-11-15-19/h6-15,17,21H,4-5,16H2,1-3H3,(H,23,26)(H,24,27)/p+1/t17-/m1/s1. The zero-order chi connectivity index (χ0) is 19.6. The summed E-state index contributed by atoms with van der Waals surface area (Å²) in [6.45, 7) is 7.35. The number of hydrogen-bond donors (Lipinski definition) is 3. The highest BCUT2D eigenvalue weighted by atomic mass is 16.2. The third-order valence-electron chi connectivity index (χ3n) is 4.77. The number of quaternary nitrogens is 1. The molecule has 0 aliphatic heterocycles. The van der Waals surface area contributed by atoms with Crippen molar-refractivity contribution in [1.29, 1.82) is 0 Å². The first-order chi connectivity index (χ1) is 13.1. The first-order valence-electron chi connectivity index (χ1n) is 9.58. The third-order valence-corrected chi connectivity index (χ3v) is 4.77. The van der Waals surface area contributed by atoms with Gasteiger partial charge in [0.15, 0.2) is 12.6 Å². The van der Waals surface area contributed by atoms with Crippen LogP contribution in [0.15, 0.2) is 60.7 Å². The fraction of sp³-hybridized carbons (Fsp3) is 0.364. The monoisotopic (exact) mass is 368 g/mol. The molecule has 144 valence electrons. The molecule has 0 saturated carbocycles. The predicted octanol–water partition coefficient (Wildman–Crippen LogP) is 1.32. The van der Waals surface area contributed by atoms with Gasteiger partial charge in [0.2, 0.25) is 0 Å². The Bertz CT molecular complexity index is 679. The Labute approximate surface area is 161 Å². The van der Waals surface area contributed by atoms with Crippen LogP contribution < -0.4 is 15.5 Å². The van der Waals surface area contributed by atoms with Gasteiger partial charge in [-0.1, -0.05) is 60.7 Å². The highest BCUT2D eigenvalue weighted by Gasteiger charge is 2.28. The minimum Gasteiger partial charge on any atom is -0.351 e. The van der Waals surface area contributed by atoms with Gasteiger partial charge in [0, 0.05) is 6.54 Å². The van der Waals surface area contributed by atoms with Crippen LogP contribution in [0.5, 0.6) is 0 Å². The molecule has 0 bridgehead atoms. The number of nitrogens with one attached hydrogen (secondary N) is 3. The van der Waals surface area contributed by atoms with Crippen molar-refractivity contribution in [2.75, 3.05) is 19.6 Å².